The normalized spacial score (nSPS) is 33.6. The second-order valence-corrected chi connectivity index (χ2v) is 13.1. The summed E-state index contributed by atoms with van der Waals surface area (Å²) in [6.45, 7) is 11.4. The molecule has 0 N–H and O–H groups in total. The summed E-state index contributed by atoms with van der Waals surface area (Å²) in [6, 6.07) is 0. The van der Waals surface area contributed by atoms with E-state index in [1.807, 2.05) is 0 Å². The average molecular weight is 313 g/mol. The molecule has 0 bridgehead atoms. The fraction of sp³-hybridized carbons (Fsp3) is 0.941. The van der Waals surface area contributed by atoms with E-state index in [1.54, 1.807) is 0 Å². The van der Waals surface area contributed by atoms with E-state index in [0.29, 0.717) is 5.92 Å². The van der Waals surface area contributed by atoms with Crippen molar-refractivity contribution in [2.75, 3.05) is 7.11 Å². The highest BCUT2D eigenvalue weighted by atomic mass is 28.4. The van der Waals surface area contributed by atoms with Crippen LogP contribution in [-0.4, -0.2) is 27.0 Å². The molecule has 0 unspecified atom stereocenters. The van der Waals surface area contributed by atoms with Gasteiger partial charge in [-0.05, 0) is 43.3 Å². The number of methoxy groups -OCH3 is 1. The summed E-state index contributed by atoms with van der Waals surface area (Å²) in [5.41, 5.74) is -0.230. The Morgan fingerprint density at radius 3 is 2.43 bits per heavy atom. The minimum absolute atomic E-state index is 0.0419. The van der Waals surface area contributed by atoms with E-state index in [9.17, 15) is 4.79 Å². The molecule has 0 aromatic heterocycles. The van der Waals surface area contributed by atoms with Gasteiger partial charge in [0, 0.05) is 0 Å². The maximum Gasteiger partial charge on any atom is 0.311 e. The predicted molar refractivity (Wildman–Crippen MR) is 87.7 cm³/mol. The first-order chi connectivity index (χ1) is 9.64. The zero-order valence-electron chi connectivity index (χ0n) is 14.6. The minimum atomic E-state index is -1.89. The van der Waals surface area contributed by atoms with E-state index in [-0.39, 0.29) is 22.5 Å². The van der Waals surface area contributed by atoms with Gasteiger partial charge >= 0.3 is 5.97 Å². The van der Waals surface area contributed by atoms with Crippen molar-refractivity contribution in [3.8, 4) is 0 Å². The molecule has 0 saturated heterocycles. The van der Waals surface area contributed by atoms with Crippen molar-refractivity contribution in [2.45, 2.75) is 83.0 Å². The van der Waals surface area contributed by atoms with Gasteiger partial charge in [-0.15, -0.1) is 0 Å². The third-order valence-electron chi connectivity index (χ3n) is 6.16. The minimum Gasteiger partial charge on any atom is -0.469 e. The van der Waals surface area contributed by atoms with Crippen molar-refractivity contribution in [2.24, 2.45) is 11.8 Å². The van der Waals surface area contributed by atoms with Gasteiger partial charge in [0.15, 0.2) is 8.32 Å². The molecule has 0 spiro atoms. The van der Waals surface area contributed by atoms with Crippen LogP contribution in [0.1, 0.15) is 59.3 Å². The monoisotopic (exact) mass is 312 g/mol. The maximum absolute atomic E-state index is 12.2. The van der Waals surface area contributed by atoms with Crippen LogP contribution in [0, 0.1) is 11.8 Å². The maximum atomic E-state index is 12.2. The number of hydrogen-bond donors (Lipinski definition) is 0. The van der Waals surface area contributed by atoms with Gasteiger partial charge in [-0.3, -0.25) is 4.79 Å². The van der Waals surface area contributed by atoms with Crippen LogP contribution in [0.5, 0.6) is 0 Å². The highest BCUT2D eigenvalue weighted by Gasteiger charge is 2.62. The van der Waals surface area contributed by atoms with Crippen LogP contribution in [0.4, 0.5) is 0 Å². The topological polar surface area (TPSA) is 35.5 Å². The van der Waals surface area contributed by atoms with E-state index in [1.165, 1.54) is 32.8 Å². The van der Waals surface area contributed by atoms with E-state index in [0.717, 1.165) is 12.8 Å². The Balaban J connectivity index is 2.29. The fourth-order valence-electron chi connectivity index (χ4n) is 3.79. The van der Waals surface area contributed by atoms with Crippen molar-refractivity contribution < 1.29 is 14.0 Å². The van der Waals surface area contributed by atoms with Gasteiger partial charge in [-0.2, -0.15) is 0 Å². The lowest BCUT2D eigenvalue weighted by Crippen LogP contribution is -2.65. The Bertz CT molecular complexity index is 399. The van der Waals surface area contributed by atoms with Crippen molar-refractivity contribution in [1.29, 1.82) is 0 Å². The molecule has 3 nitrogen and oxygen atoms in total. The van der Waals surface area contributed by atoms with Gasteiger partial charge in [0.05, 0.1) is 18.6 Å². The number of esters is 1. The van der Waals surface area contributed by atoms with Crippen LogP contribution in [0.2, 0.25) is 18.1 Å². The molecule has 0 aliphatic heterocycles. The molecule has 0 aromatic carbocycles. The molecule has 0 aromatic rings. The van der Waals surface area contributed by atoms with E-state index >= 15 is 0 Å². The Labute approximate surface area is 130 Å². The van der Waals surface area contributed by atoms with Gasteiger partial charge in [0.25, 0.3) is 0 Å². The van der Waals surface area contributed by atoms with Crippen molar-refractivity contribution >= 4 is 14.3 Å². The molecule has 2 fully saturated rings. The molecule has 21 heavy (non-hydrogen) atoms. The molecule has 0 heterocycles. The van der Waals surface area contributed by atoms with Crippen molar-refractivity contribution in [3.63, 3.8) is 0 Å². The van der Waals surface area contributed by atoms with Crippen LogP contribution >= 0.6 is 0 Å². The summed E-state index contributed by atoms with van der Waals surface area (Å²) in [7, 11) is -0.379. The lowest BCUT2D eigenvalue weighted by atomic mass is 9.58. The van der Waals surface area contributed by atoms with Gasteiger partial charge in [0.1, 0.15) is 0 Å². The summed E-state index contributed by atoms with van der Waals surface area (Å²) < 4.78 is 11.9. The first-order valence-corrected chi connectivity index (χ1v) is 11.3. The van der Waals surface area contributed by atoms with E-state index in [2.05, 4.69) is 33.9 Å². The average Bonchev–Trinajstić information content (AvgIpc) is 2.50. The third kappa shape index (κ3) is 2.94. The SMILES string of the molecule is COC(=O)[C@H]1C[C@@H]2CCCCC[C@@]21O[Si](C)(C)C(C)(C)C. The van der Waals surface area contributed by atoms with Crippen molar-refractivity contribution in [3.05, 3.63) is 0 Å². The second kappa shape index (κ2) is 5.69. The third-order valence-corrected chi connectivity index (χ3v) is 10.7. The number of ether oxygens (including phenoxy) is 1. The first kappa shape index (κ1) is 17.0. The lowest BCUT2D eigenvalue weighted by Gasteiger charge is -2.58. The highest BCUT2D eigenvalue weighted by molar-refractivity contribution is 6.74. The molecule has 4 heteroatoms. The number of carbonyl (C=O) groups excluding carboxylic acids is 1. The summed E-state index contributed by atoms with van der Waals surface area (Å²) in [5.74, 6) is 0.449. The van der Waals surface area contributed by atoms with Crippen LogP contribution in [-0.2, 0) is 14.0 Å². The second-order valence-electron chi connectivity index (χ2n) is 8.43. The molecular weight excluding hydrogens is 280 g/mol. The Morgan fingerprint density at radius 2 is 1.86 bits per heavy atom. The number of carbonyl (C=O) groups is 1. The van der Waals surface area contributed by atoms with Crippen LogP contribution < -0.4 is 0 Å². The molecule has 2 rings (SSSR count). The molecule has 3 atom stereocenters. The zero-order chi connectivity index (χ0) is 15.9. The first-order valence-electron chi connectivity index (χ1n) is 8.42. The zero-order valence-corrected chi connectivity index (χ0v) is 15.6. The molecular formula is C17H32O3Si. The van der Waals surface area contributed by atoms with E-state index < -0.39 is 8.32 Å². The van der Waals surface area contributed by atoms with Gasteiger partial charge in [-0.1, -0.05) is 40.0 Å². The van der Waals surface area contributed by atoms with Crippen LogP contribution in [0.3, 0.4) is 0 Å². The molecule has 122 valence electrons. The standard InChI is InChI=1S/C17H32O3Si/c1-16(2,3)21(5,6)20-17-11-9-7-8-10-13(17)12-14(17)15(18)19-4/h13-14H,7-12H2,1-6H3/t13-,14+,17+/m0/s1. The number of hydrogen-bond acceptors (Lipinski definition) is 3. The number of rotatable bonds is 3. The summed E-state index contributed by atoms with van der Waals surface area (Å²) in [6.07, 6.45) is 6.93. The lowest BCUT2D eigenvalue weighted by molar-refractivity contribution is -0.185. The summed E-state index contributed by atoms with van der Waals surface area (Å²) in [4.78, 5) is 12.2. The summed E-state index contributed by atoms with van der Waals surface area (Å²) >= 11 is 0. The van der Waals surface area contributed by atoms with Crippen LogP contribution in [0.25, 0.3) is 0 Å². The molecule has 2 aliphatic carbocycles. The molecule has 2 aliphatic rings. The smallest absolute Gasteiger partial charge is 0.311 e. The van der Waals surface area contributed by atoms with Gasteiger partial charge in [0.2, 0.25) is 0 Å². The number of fused-ring (bicyclic) bond motifs is 1. The van der Waals surface area contributed by atoms with Gasteiger partial charge < -0.3 is 9.16 Å². The van der Waals surface area contributed by atoms with Crippen LogP contribution in [0.15, 0.2) is 0 Å². The molecule has 0 radical (unpaired) electrons. The highest BCUT2D eigenvalue weighted by Crippen LogP contribution is 2.57. The van der Waals surface area contributed by atoms with E-state index in [4.69, 9.17) is 9.16 Å². The quantitative estimate of drug-likeness (QED) is 0.568. The molecule has 2 saturated carbocycles. The largest absolute Gasteiger partial charge is 0.469 e. The Morgan fingerprint density at radius 1 is 1.19 bits per heavy atom. The Kier molecular flexibility index (Phi) is 4.61. The predicted octanol–water partition coefficient (Wildman–Crippen LogP) is 4.52. The Hall–Kier alpha value is -0.353. The van der Waals surface area contributed by atoms with Gasteiger partial charge in [-0.25, -0.2) is 0 Å². The molecule has 0 amide bonds. The fourth-order valence-corrected chi connectivity index (χ4v) is 5.46. The summed E-state index contributed by atoms with van der Waals surface area (Å²) in [5, 5.41) is 0.175. The van der Waals surface area contributed by atoms with Crippen molar-refractivity contribution in [1.82, 2.24) is 0 Å².